The summed E-state index contributed by atoms with van der Waals surface area (Å²) in [5, 5.41) is 4.60. The zero-order valence-electron chi connectivity index (χ0n) is 19.7. The Morgan fingerprint density at radius 3 is 2.50 bits per heavy atom. The van der Waals surface area contributed by atoms with E-state index in [9.17, 15) is 4.79 Å². The highest BCUT2D eigenvalue weighted by atomic mass is 16.1. The third-order valence-corrected chi connectivity index (χ3v) is 5.89. The van der Waals surface area contributed by atoms with Gasteiger partial charge in [0, 0.05) is 35.5 Å². The number of aryl methyl sites for hydroxylation is 1. The van der Waals surface area contributed by atoms with Crippen molar-refractivity contribution in [3.05, 3.63) is 106 Å². The number of rotatable bonds is 5. The van der Waals surface area contributed by atoms with Gasteiger partial charge in [0.25, 0.3) is 5.56 Å². The first-order valence-electron chi connectivity index (χ1n) is 11.3. The minimum atomic E-state index is -0.400. The van der Waals surface area contributed by atoms with Crippen molar-refractivity contribution in [2.75, 3.05) is 11.1 Å². The van der Waals surface area contributed by atoms with Crippen LogP contribution < -0.4 is 16.6 Å². The zero-order chi connectivity index (χ0) is 25.2. The van der Waals surface area contributed by atoms with Crippen LogP contribution in [-0.4, -0.2) is 24.5 Å². The highest BCUT2D eigenvalue weighted by Crippen LogP contribution is 2.31. The fourth-order valence-corrected chi connectivity index (χ4v) is 4.17. The minimum Gasteiger partial charge on any atom is -0.371 e. The lowest BCUT2D eigenvalue weighted by atomic mass is 9.99. The number of nitrogens with one attached hydrogen (secondary N) is 1. The van der Waals surface area contributed by atoms with Gasteiger partial charge in [-0.05, 0) is 43.0 Å². The Morgan fingerprint density at radius 1 is 1.03 bits per heavy atom. The van der Waals surface area contributed by atoms with Gasteiger partial charge in [-0.15, -0.1) is 0 Å². The summed E-state index contributed by atoms with van der Waals surface area (Å²) < 4.78 is 1.68. The van der Waals surface area contributed by atoms with Crippen molar-refractivity contribution in [3.63, 3.8) is 0 Å². The van der Waals surface area contributed by atoms with Gasteiger partial charge in [-0.3, -0.25) is 9.36 Å². The molecule has 0 aliphatic heterocycles. The second kappa shape index (κ2) is 9.27. The van der Waals surface area contributed by atoms with Gasteiger partial charge in [-0.1, -0.05) is 36.4 Å². The van der Waals surface area contributed by atoms with Gasteiger partial charge in [0.05, 0.1) is 18.0 Å². The van der Waals surface area contributed by atoms with Crippen LogP contribution in [0.15, 0.2) is 78.0 Å². The molecule has 5 rings (SSSR count). The van der Waals surface area contributed by atoms with Crippen LogP contribution in [0.5, 0.6) is 0 Å². The molecule has 3 N–H and O–H groups in total. The van der Waals surface area contributed by atoms with Crippen molar-refractivity contribution in [2.45, 2.75) is 19.9 Å². The van der Waals surface area contributed by atoms with Crippen LogP contribution in [0.3, 0.4) is 0 Å². The first kappa shape index (κ1) is 22.7. The van der Waals surface area contributed by atoms with Crippen molar-refractivity contribution in [2.24, 2.45) is 0 Å². The first-order chi connectivity index (χ1) is 17.5. The average molecular weight is 475 g/mol. The fourth-order valence-electron chi connectivity index (χ4n) is 4.17. The molecule has 0 fully saturated rings. The summed E-state index contributed by atoms with van der Waals surface area (Å²) in [5.74, 6) is 1.02. The van der Waals surface area contributed by atoms with Crippen LogP contribution in [0.25, 0.3) is 32.4 Å². The lowest BCUT2D eigenvalue weighted by molar-refractivity contribution is 0.774. The Morgan fingerprint density at radius 2 is 1.78 bits per heavy atom. The molecule has 0 amide bonds. The van der Waals surface area contributed by atoms with Gasteiger partial charge in [0.1, 0.15) is 11.6 Å². The molecule has 0 bridgehead atoms. The van der Waals surface area contributed by atoms with Gasteiger partial charge in [0.2, 0.25) is 11.6 Å². The third-order valence-electron chi connectivity index (χ3n) is 5.89. The van der Waals surface area contributed by atoms with Crippen molar-refractivity contribution >= 4 is 28.2 Å². The van der Waals surface area contributed by atoms with Crippen molar-refractivity contribution < 1.29 is 0 Å². The van der Waals surface area contributed by atoms with Gasteiger partial charge in [-0.25, -0.2) is 24.8 Å². The van der Waals surface area contributed by atoms with E-state index in [0.29, 0.717) is 22.7 Å². The maximum absolute atomic E-state index is 14.1. The normalized spacial score (nSPS) is 11.7. The number of benzene rings is 2. The van der Waals surface area contributed by atoms with E-state index in [0.717, 1.165) is 22.2 Å². The molecule has 5 aromatic rings. The highest BCUT2D eigenvalue weighted by molar-refractivity contribution is 5.96. The molecule has 0 aliphatic rings. The number of aromatic nitrogens is 5. The molecule has 1 atom stereocenters. The molecule has 0 unspecified atom stereocenters. The van der Waals surface area contributed by atoms with E-state index in [-0.39, 0.29) is 17.2 Å². The summed E-state index contributed by atoms with van der Waals surface area (Å²) in [6.45, 7) is 11.2. The van der Waals surface area contributed by atoms with Crippen molar-refractivity contribution in [3.8, 4) is 16.8 Å². The lowest BCUT2D eigenvalue weighted by Gasteiger charge is -2.22. The Hall–Kier alpha value is -5.10. The summed E-state index contributed by atoms with van der Waals surface area (Å²) in [6.07, 6.45) is 4.84. The van der Waals surface area contributed by atoms with Crippen LogP contribution in [0, 0.1) is 13.5 Å². The maximum Gasteiger partial charge on any atom is 0.263 e. The van der Waals surface area contributed by atoms with E-state index >= 15 is 0 Å². The molecule has 0 spiro atoms. The number of fused-ring (bicyclic) bond motifs is 1. The standard InChI is InChI=1S/C27H22N8O/c1-16(33-25-22(29-3)15-32-27(28)34-25)23-12-18-8-7-11-21(19-13-30-17(2)31-14-19)24(18)26(36)35(23)20-9-5-4-6-10-20/h4-16H,1-2H3,(H3,28,32,33,34)/t16-/m0/s1. The van der Waals surface area contributed by atoms with Crippen LogP contribution >= 0.6 is 0 Å². The van der Waals surface area contributed by atoms with E-state index in [2.05, 4.69) is 30.1 Å². The Kier molecular flexibility index (Phi) is 5.84. The molecule has 3 aromatic heterocycles. The van der Waals surface area contributed by atoms with E-state index in [4.69, 9.17) is 12.3 Å². The minimum absolute atomic E-state index is 0.0565. The number of nitrogen functional groups attached to an aromatic ring is 1. The van der Waals surface area contributed by atoms with Gasteiger partial charge < -0.3 is 11.1 Å². The predicted octanol–water partition coefficient (Wildman–Crippen LogP) is 4.85. The number of anilines is 2. The molecule has 0 radical (unpaired) electrons. The van der Waals surface area contributed by atoms with Crippen LogP contribution in [-0.2, 0) is 0 Å². The molecule has 9 heteroatoms. The zero-order valence-corrected chi connectivity index (χ0v) is 19.7. The number of nitrogens with zero attached hydrogens (tertiary/aromatic N) is 6. The third kappa shape index (κ3) is 4.12. The van der Waals surface area contributed by atoms with Gasteiger partial charge >= 0.3 is 0 Å². The van der Waals surface area contributed by atoms with Crippen molar-refractivity contribution in [1.82, 2.24) is 24.5 Å². The molecular formula is C27H22N8O. The summed E-state index contributed by atoms with van der Waals surface area (Å²) in [5.41, 5.74) is 8.77. The average Bonchev–Trinajstić information content (AvgIpc) is 2.89. The number of pyridine rings is 1. The number of hydrogen-bond acceptors (Lipinski definition) is 7. The maximum atomic E-state index is 14.1. The van der Waals surface area contributed by atoms with Crippen molar-refractivity contribution in [1.29, 1.82) is 0 Å². The summed E-state index contributed by atoms with van der Waals surface area (Å²) in [7, 11) is 0. The van der Waals surface area contributed by atoms with Crippen LogP contribution in [0.1, 0.15) is 24.5 Å². The van der Waals surface area contributed by atoms with E-state index in [1.807, 2.05) is 68.4 Å². The molecule has 36 heavy (non-hydrogen) atoms. The number of nitrogens with two attached hydrogens (primary N) is 1. The monoisotopic (exact) mass is 474 g/mol. The predicted molar refractivity (Wildman–Crippen MR) is 140 cm³/mol. The van der Waals surface area contributed by atoms with E-state index in [1.165, 1.54) is 6.20 Å². The molecule has 2 aromatic carbocycles. The number of para-hydroxylation sites is 1. The topological polar surface area (TPSA) is 116 Å². The molecule has 9 nitrogen and oxygen atoms in total. The number of hydrogen-bond donors (Lipinski definition) is 2. The molecule has 0 saturated heterocycles. The quantitative estimate of drug-likeness (QED) is 0.350. The van der Waals surface area contributed by atoms with Crippen LogP contribution in [0.4, 0.5) is 17.5 Å². The van der Waals surface area contributed by atoms with E-state index in [1.54, 1.807) is 17.0 Å². The largest absolute Gasteiger partial charge is 0.371 e. The Balaban J connectivity index is 1.74. The Labute approximate surface area is 207 Å². The summed E-state index contributed by atoms with van der Waals surface area (Å²) in [4.78, 5) is 34.4. The second-order valence-corrected chi connectivity index (χ2v) is 8.27. The molecule has 176 valence electrons. The van der Waals surface area contributed by atoms with Gasteiger partial charge in [-0.2, -0.15) is 0 Å². The van der Waals surface area contributed by atoms with Gasteiger partial charge in [0.15, 0.2) is 0 Å². The summed E-state index contributed by atoms with van der Waals surface area (Å²) in [6, 6.07) is 16.7. The first-order valence-corrected chi connectivity index (χ1v) is 11.3. The SMILES string of the molecule is [C-]#[N+]c1cnc(N)nc1N[C@@H](C)c1cc2cccc(-c3cnc(C)nc3)c2c(=O)n1-c1ccccc1. The smallest absolute Gasteiger partial charge is 0.263 e. The summed E-state index contributed by atoms with van der Waals surface area (Å²) >= 11 is 0. The molecule has 0 saturated carbocycles. The highest BCUT2D eigenvalue weighted by Gasteiger charge is 2.20. The van der Waals surface area contributed by atoms with E-state index < -0.39 is 6.04 Å². The lowest BCUT2D eigenvalue weighted by Crippen LogP contribution is -2.26. The Bertz CT molecular complexity index is 1670. The molecule has 0 aliphatic carbocycles. The second-order valence-electron chi connectivity index (χ2n) is 8.27. The molecule has 3 heterocycles. The fraction of sp³-hybridized carbons (Fsp3) is 0.111. The van der Waals surface area contributed by atoms with Crippen LogP contribution in [0.2, 0.25) is 0 Å². The molecular weight excluding hydrogens is 452 g/mol.